The van der Waals surface area contributed by atoms with Gasteiger partial charge in [0.15, 0.2) is 0 Å². The molecule has 0 bridgehead atoms. The Morgan fingerprint density at radius 3 is 2.63 bits per heavy atom. The van der Waals surface area contributed by atoms with Crippen LogP contribution in [0.3, 0.4) is 0 Å². The summed E-state index contributed by atoms with van der Waals surface area (Å²) >= 11 is 13.2. The average Bonchev–Trinajstić information content (AvgIpc) is 3.64. The Morgan fingerprint density at radius 2 is 1.88 bits per heavy atom. The lowest BCUT2D eigenvalue weighted by Gasteiger charge is -2.24. The maximum atomic E-state index is 9.95. The number of aromatic nitrogens is 1. The van der Waals surface area contributed by atoms with Gasteiger partial charge >= 0.3 is 0 Å². The van der Waals surface area contributed by atoms with E-state index in [1.807, 2.05) is 42.3 Å². The number of hydrogen-bond donors (Lipinski definition) is 5. The first-order valence-electron chi connectivity index (χ1n) is 13.5. The largest absolute Gasteiger partial charge is 0.373 e. The molecule has 6 rings (SSSR count). The number of pyridine rings is 1. The van der Waals surface area contributed by atoms with Crippen LogP contribution in [0.5, 0.6) is 0 Å². The maximum absolute atomic E-state index is 9.95. The van der Waals surface area contributed by atoms with Crippen LogP contribution in [0.1, 0.15) is 47.7 Å². The van der Waals surface area contributed by atoms with E-state index in [0.717, 1.165) is 41.1 Å². The summed E-state index contributed by atoms with van der Waals surface area (Å²) < 4.78 is 0. The molecule has 2 aliphatic heterocycles. The van der Waals surface area contributed by atoms with Gasteiger partial charge in [-0.1, -0.05) is 47.5 Å². The van der Waals surface area contributed by atoms with E-state index in [2.05, 4.69) is 76.2 Å². The minimum Gasteiger partial charge on any atom is -0.373 e. The zero-order valence-corrected chi connectivity index (χ0v) is 24.5. The molecule has 1 atom stereocenters. The number of aryl methyl sites for hydroxylation is 1. The van der Waals surface area contributed by atoms with E-state index >= 15 is 0 Å². The number of halogens is 2. The van der Waals surface area contributed by atoms with Gasteiger partial charge in [0.1, 0.15) is 6.07 Å². The molecular formula is C31H30Cl2N8. The minimum atomic E-state index is -0.200. The van der Waals surface area contributed by atoms with E-state index in [-0.39, 0.29) is 12.1 Å². The number of fused-ring (bicyclic) bond motifs is 2. The fraction of sp³-hybridized carbons (Fsp3) is 0.226. The fourth-order valence-electron chi connectivity index (χ4n) is 5.26. The summed E-state index contributed by atoms with van der Waals surface area (Å²) in [6, 6.07) is 18.4. The molecule has 0 spiro atoms. The zero-order chi connectivity index (χ0) is 28.7. The predicted octanol–water partition coefficient (Wildman–Crippen LogP) is 6.80. The van der Waals surface area contributed by atoms with Gasteiger partial charge in [-0.2, -0.15) is 5.26 Å². The molecule has 41 heavy (non-hydrogen) atoms. The maximum Gasteiger partial charge on any atom is 0.103 e. The highest BCUT2D eigenvalue weighted by molar-refractivity contribution is 6.36. The normalized spacial score (nSPS) is 15.0. The van der Waals surface area contributed by atoms with Crippen molar-refractivity contribution in [3.8, 4) is 6.07 Å². The Hall–Kier alpha value is -4.00. The second-order valence-corrected chi connectivity index (χ2v) is 11.4. The van der Waals surface area contributed by atoms with Crippen molar-refractivity contribution in [2.24, 2.45) is 0 Å². The predicted molar refractivity (Wildman–Crippen MR) is 166 cm³/mol. The fourth-order valence-corrected chi connectivity index (χ4v) is 5.71. The van der Waals surface area contributed by atoms with Crippen LogP contribution in [-0.4, -0.2) is 16.0 Å². The Morgan fingerprint density at radius 1 is 1.05 bits per heavy atom. The van der Waals surface area contributed by atoms with E-state index < -0.39 is 0 Å². The summed E-state index contributed by atoms with van der Waals surface area (Å²) in [5.41, 5.74) is 15.5. The number of nitrogens with one attached hydrogen (secondary N) is 5. The highest BCUT2D eigenvalue weighted by Crippen LogP contribution is 2.38. The van der Waals surface area contributed by atoms with Crippen LogP contribution < -0.4 is 26.9 Å². The minimum absolute atomic E-state index is 0.200. The molecule has 3 heterocycles. The van der Waals surface area contributed by atoms with Gasteiger partial charge < -0.3 is 21.4 Å². The van der Waals surface area contributed by atoms with Crippen molar-refractivity contribution < 1.29 is 0 Å². The molecule has 4 aromatic rings. The molecule has 0 saturated heterocycles. The number of hydrazine groups is 2. The van der Waals surface area contributed by atoms with Gasteiger partial charge in [-0.25, -0.2) is 0 Å². The van der Waals surface area contributed by atoms with Crippen molar-refractivity contribution in [1.29, 1.82) is 5.26 Å². The lowest BCUT2D eigenvalue weighted by Crippen LogP contribution is -2.41. The smallest absolute Gasteiger partial charge is 0.103 e. The van der Waals surface area contributed by atoms with E-state index in [1.54, 1.807) is 6.20 Å². The molecule has 0 unspecified atom stereocenters. The van der Waals surface area contributed by atoms with Crippen LogP contribution in [0.25, 0.3) is 10.9 Å². The third-order valence-electron chi connectivity index (χ3n) is 7.51. The van der Waals surface area contributed by atoms with E-state index in [0.29, 0.717) is 26.8 Å². The van der Waals surface area contributed by atoms with Gasteiger partial charge in [0.05, 0.1) is 33.5 Å². The van der Waals surface area contributed by atoms with E-state index in [1.165, 1.54) is 16.7 Å². The summed E-state index contributed by atoms with van der Waals surface area (Å²) in [6.07, 6.45) is 3.64. The molecular weight excluding hydrogens is 555 g/mol. The number of nitrogens with zero attached hydrogens (tertiary/aromatic N) is 3. The molecule has 208 valence electrons. The van der Waals surface area contributed by atoms with Crippen LogP contribution in [0, 0.1) is 18.3 Å². The van der Waals surface area contributed by atoms with Crippen LogP contribution in [-0.2, 0) is 13.1 Å². The number of anilines is 3. The van der Waals surface area contributed by atoms with Crippen LogP contribution in [0.2, 0.25) is 10.0 Å². The van der Waals surface area contributed by atoms with E-state index in [9.17, 15) is 5.26 Å². The molecule has 10 heteroatoms. The van der Waals surface area contributed by atoms with Crippen molar-refractivity contribution >= 4 is 51.2 Å². The van der Waals surface area contributed by atoms with Gasteiger partial charge in [-0.3, -0.25) is 9.99 Å². The highest BCUT2D eigenvalue weighted by atomic mass is 35.5. The van der Waals surface area contributed by atoms with Crippen LogP contribution in [0.15, 0.2) is 66.6 Å². The third-order valence-corrected chi connectivity index (χ3v) is 8.21. The summed E-state index contributed by atoms with van der Waals surface area (Å²) in [5.74, 6) is 0. The quantitative estimate of drug-likeness (QED) is 0.162. The van der Waals surface area contributed by atoms with Crippen molar-refractivity contribution in [2.45, 2.75) is 45.9 Å². The van der Waals surface area contributed by atoms with Crippen LogP contribution in [0.4, 0.5) is 17.1 Å². The number of hydrogen-bond acceptors (Lipinski definition) is 8. The first-order valence-corrected chi connectivity index (χ1v) is 14.2. The van der Waals surface area contributed by atoms with E-state index in [4.69, 9.17) is 23.2 Å². The molecule has 0 amide bonds. The standard InChI is InChI=1S/C31H30Cl2N8/c1-17(2)41-16-28(39-40-41)31(23-6-4-5-19-13-35-15-25(19)23)38-22-9-24-29(37-21-8-7-18(3)26(32)10-21)20(12-34)14-36-30(24)27(33)11-22/h4-11,14,16-17,31,35,38-40H,13,15H2,1-3H3,(H,36,37)/t31-/m0/s1. The Kier molecular flexibility index (Phi) is 7.37. The van der Waals surface area contributed by atoms with Gasteiger partial charge in [0.2, 0.25) is 0 Å². The van der Waals surface area contributed by atoms with Gasteiger partial charge in [-0.05, 0) is 67.3 Å². The second kappa shape index (κ2) is 11.1. The highest BCUT2D eigenvalue weighted by Gasteiger charge is 2.28. The lowest BCUT2D eigenvalue weighted by atomic mass is 9.95. The molecule has 0 radical (unpaired) electrons. The van der Waals surface area contributed by atoms with Crippen LogP contribution >= 0.6 is 23.2 Å². The number of nitriles is 1. The van der Waals surface area contributed by atoms with Crippen molar-refractivity contribution in [2.75, 3.05) is 10.6 Å². The molecule has 2 aliphatic rings. The third kappa shape index (κ3) is 5.25. The number of benzene rings is 3. The van der Waals surface area contributed by atoms with Crippen molar-refractivity contribution in [3.05, 3.63) is 104 Å². The molecule has 0 fully saturated rings. The number of rotatable bonds is 7. The summed E-state index contributed by atoms with van der Waals surface area (Å²) in [7, 11) is 0. The van der Waals surface area contributed by atoms with Crippen molar-refractivity contribution in [3.63, 3.8) is 0 Å². The molecule has 1 aromatic heterocycles. The first-order chi connectivity index (χ1) is 19.8. The lowest BCUT2D eigenvalue weighted by molar-refractivity contribution is 0.221. The topological polar surface area (TPSA) is 100 Å². The van der Waals surface area contributed by atoms with Crippen molar-refractivity contribution in [1.82, 2.24) is 26.3 Å². The summed E-state index contributed by atoms with van der Waals surface area (Å²) in [4.78, 5) is 4.52. The molecule has 0 aliphatic carbocycles. The summed E-state index contributed by atoms with van der Waals surface area (Å²) in [5, 5.41) is 24.4. The Balaban J connectivity index is 1.46. The monoisotopic (exact) mass is 584 g/mol. The molecule has 3 aromatic carbocycles. The average molecular weight is 586 g/mol. The van der Waals surface area contributed by atoms with Gasteiger partial charge in [-0.15, -0.1) is 5.53 Å². The van der Waals surface area contributed by atoms with Gasteiger partial charge in [0.25, 0.3) is 0 Å². The SMILES string of the molecule is Cc1ccc(Nc2c(C#N)cnc3c(Cl)cc(N[C@H](C4=CN(C(C)C)NN4)c4cccc5c4CNC5)cc23)cc1Cl. The zero-order valence-electron chi connectivity index (χ0n) is 22.9. The first kappa shape index (κ1) is 27.2. The molecule has 8 nitrogen and oxygen atoms in total. The Bertz CT molecular complexity index is 1730. The summed E-state index contributed by atoms with van der Waals surface area (Å²) in [6.45, 7) is 7.85. The second-order valence-electron chi connectivity index (χ2n) is 10.6. The molecule has 5 N–H and O–H groups in total. The Labute approximate surface area is 249 Å². The molecule has 0 saturated carbocycles. The van der Waals surface area contributed by atoms with Gasteiger partial charge in [0, 0.05) is 53.3 Å².